The highest BCUT2D eigenvalue weighted by Crippen LogP contribution is 2.28. The van der Waals surface area contributed by atoms with Crippen LogP contribution in [0.3, 0.4) is 0 Å². The number of halogens is 1. The molecule has 2 aliphatic rings. The lowest BCUT2D eigenvalue weighted by Crippen LogP contribution is -2.49. The molecule has 2 heterocycles. The number of carbonyl (C=O) groups is 2. The number of anilines is 2. The van der Waals surface area contributed by atoms with Crippen LogP contribution < -0.4 is 15.1 Å². The number of nitrogens with one attached hydrogen (secondary N) is 1. The quantitative estimate of drug-likeness (QED) is 0.743. The summed E-state index contributed by atoms with van der Waals surface area (Å²) < 4.78 is 20.0. The highest BCUT2D eigenvalue weighted by Gasteiger charge is 2.32. The van der Waals surface area contributed by atoms with Gasteiger partial charge in [0, 0.05) is 32.7 Å². The molecule has 148 valence electrons. The first-order valence-electron chi connectivity index (χ1n) is 9.15. The molecule has 8 nitrogen and oxygen atoms in total. The molecule has 0 bridgehead atoms. The number of cyclic esters (lactones) is 1. The van der Waals surface area contributed by atoms with E-state index in [1.54, 1.807) is 17.0 Å². The number of hydrogen-bond acceptors (Lipinski definition) is 6. The highest BCUT2D eigenvalue weighted by atomic mass is 19.1. The van der Waals surface area contributed by atoms with Gasteiger partial charge >= 0.3 is 6.09 Å². The zero-order chi connectivity index (χ0) is 19.4. The summed E-state index contributed by atoms with van der Waals surface area (Å²) in [7, 11) is 0. The van der Waals surface area contributed by atoms with E-state index in [2.05, 4.69) is 5.32 Å². The summed E-state index contributed by atoms with van der Waals surface area (Å²) in [4.78, 5) is 28.4. The van der Waals surface area contributed by atoms with Crippen molar-refractivity contribution in [2.24, 2.45) is 0 Å². The van der Waals surface area contributed by atoms with Crippen molar-refractivity contribution in [3.05, 3.63) is 24.0 Å². The zero-order valence-corrected chi connectivity index (χ0v) is 15.4. The number of likely N-dealkylation sites (N-methyl/N-ethyl adjacent to an activating group) is 1. The Morgan fingerprint density at radius 2 is 2.07 bits per heavy atom. The van der Waals surface area contributed by atoms with E-state index in [0.29, 0.717) is 50.6 Å². The Bertz CT molecular complexity index is 694. The van der Waals surface area contributed by atoms with Crippen LogP contribution in [0.25, 0.3) is 0 Å². The number of rotatable bonds is 6. The first-order chi connectivity index (χ1) is 13.0. The minimum absolute atomic E-state index is 0.252. The first-order valence-corrected chi connectivity index (χ1v) is 9.15. The largest absolute Gasteiger partial charge is 0.443 e. The normalized spacial score (nSPS) is 20.2. The van der Waals surface area contributed by atoms with E-state index in [-0.39, 0.29) is 12.0 Å². The number of amides is 2. The van der Waals surface area contributed by atoms with Gasteiger partial charge in [-0.3, -0.25) is 9.69 Å². The van der Waals surface area contributed by atoms with Crippen molar-refractivity contribution in [3.63, 3.8) is 0 Å². The predicted octanol–water partition coefficient (Wildman–Crippen LogP) is 0.401. The van der Waals surface area contributed by atoms with E-state index in [1.807, 2.05) is 11.8 Å². The number of piperazine rings is 1. The molecule has 0 aliphatic carbocycles. The number of ether oxygens (including phenoxy) is 1. The lowest BCUT2D eigenvalue weighted by atomic mass is 10.2. The van der Waals surface area contributed by atoms with Crippen LogP contribution in [-0.2, 0) is 9.53 Å². The van der Waals surface area contributed by atoms with Crippen molar-refractivity contribution in [1.29, 1.82) is 0 Å². The number of hydrogen-bond donors (Lipinski definition) is 2. The van der Waals surface area contributed by atoms with E-state index in [9.17, 15) is 14.0 Å². The Morgan fingerprint density at radius 1 is 1.33 bits per heavy atom. The van der Waals surface area contributed by atoms with E-state index in [4.69, 9.17) is 9.84 Å². The van der Waals surface area contributed by atoms with Crippen molar-refractivity contribution < 1.29 is 23.8 Å². The Kier molecular flexibility index (Phi) is 6.12. The van der Waals surface area contributed by atoms with Crippen LogP contribution in [0.4, 0.5) is 20.6 Å². The standard InChI is InChI=1S/C18H25FN4O4/c1-2-20-10-14-11-23(18(26)27-14)13-3-4-16(15(19)9-13)21-5-7-22(8-6-21)17(25)12-24/h3-4,9,14,20,24H,2,5-8,10-12H2,1H3. The molecule has 2 saturated heterocycles. The van der Waals surface area contributed by atoms with Crippen molar-refractivity contribution >= 4 is 23.4 Å². The van der Waals surface area contributed by atoms with Crippen molar-refractivity contribution in [1.82, 2.24) is 10.2 Å². The fraction of sp³-hybridized carbons (Fsp3) is 0.556. The summed E-state index contributed by atoms with van der Waals surface area (Å²) >= 11 is 0. The summed E-state index contributed by atoms with van der Waals surface area (Å²) in [6.07, 6.45) is -0.724. The molecule has 1 atom stereocenters. The maximum Gasteiger partial charge on any atom is 0.414 e. The number of aliphatic hydroxyl groups excluding tert-OH is 1. The van der Waals surface area contributed by atoms with Crippen LogP contribution in [0.2, 0.25) is 0 Å². The van der Waals surface area contributed by atoms with E-state index in [0.717, 1.165) is 6.54 Å². The van der Waals surface area contributed by atoms with Gasteiger partial charge in [-0.2, -0.15) is 0 Å². The maximum absolute atomic E-state index is 14.7. The van der Waals surface area contributed by atoms with Crippen molar-refractivity contribution in [2.75, 3.05) is 62.2 Å². The second-order valence-corrected chi connectivity index (χ2v) is 6.59. The lowest BCUT2D eigenvalue weighted by molar-refractivity contribution is -0.134. The summed E-state index contributed by atoms with van der Waals surface area (Å²) in [5, 5.41) is 12.1. The zero-order valence-electron chi connectivity index (χ0n) is 15.4. The van der Waals surface area contributed by atoms with E-state index < -0.39 is 18.5 Å². The van der Waals surface area contributed by atoms with Crippen LogP contribution in [0.1, 0.15) is 6.92 Å². The molecule has 1 aromatic carbocycles. The molecule has 1 aromatic rings. The highest BCUT2D eigenvalue weighted by molar-refractivity contribution is 5.90. The van der Waals surface area contributed by atoms with Gasteiger partial charge < -0.3 is 25.0 Å². The van der Waals surface area contributed by atoms with E-state index >= 15 is 0 Å². The van der Waals surface area contributed by atoms with Gasteiger partial charge in [-0.15, -0.1) is 0 Å². The lowest BCUT2D eigenvalue weighted by Gasteiger charge is -2.36. The first kappa shape index (κ1) is 19.4. The minimum Gasteiger partial charge on any atom is -0.443 e. The monoisotopic (exact) mass is 380 g/mol. The summed E-state index contributed by atoms with van der Waals surface area (Å²) in [5.41, 5.74) is 0.904. The molecule has 0 aromatic heterocycles. The third kappa shape index (κ3) is 4.30. The summed E-state index contributed by atoms with van der Waals surface area (Å²) in [6, 6.07) is 4.71. The Balaban J connectivity index is 1.64. The fourth-order valence-electron chi connectivity index (χ4n) is 3.36. The molecule has 0 radical (unpaired) electrons. The number of aliphatic hydroxyl groups is 1. The van der Waals surface area contributed by atoms with E-state index in [1.165, 1.54) is 11.0 Å². The summed E-state index contributed by atoms with van der Waals surface area (Å²) in [5.74, 6) is -0.734. The topological polar surface area (TPSA) is 85.4 Å². The van der Waals surface area contributed by atoms with Gasteiger partial charge in [0.05, 0.1) is 17.9 Å². The molecular formula is C18H25FN4O4. The van der Waals surface area contributed by atoms with Gasteiger partial charge in [-0.25, -0.2) is 9.18 Å². The third-order valence-electron chi connectivity index (χ3n) is 4.85. The summed E-state index contributed by atoms with van der Waals surface area (Å²) in [6.45, 7) is 5.04. The van der Waals surface area contributed by atoms with Gasteiger partial charge in [0.2, 0.25) is 5.91 Å². The smallest absolute Gasteiger partial charge is 0.414 e. The maximum atomic E-state index is 14.7. The molecule has 2 aliphatic heterocycles. The van der Waals surface area contributed by atoms with Crippen LogP contribution >= 0.6 is 0 Å². The number of nitrogens with zero attached hydrogens (tertiary/aromatic N) is 3. The van der Waals surface area contributed by atoms with Crippen LogP contribution in [0, 0.1) is 5.82 Å². The Morgan fingerprint density at radius 3 is 2.70 bits per heavy atom. The molecule has 0 saturated carbocycles. The van der Waals surface area contributed by atoms with Gasteiger partial charge in [0.15, 0.2) is 0 Å². The number of benzene rings is 1. The SMILES string of the molecule is CCNCC1CN(c2ccc(N3CCN(C(=O)CO)CC3)c(F)c2)C(=O)O1. The molecule has 3 rings (SSSR count). The third-order valence-corrected chi connectivity index (χ3v) is 4.85. The van der Waals surface area contributed by atoms with Gasteiger partial charge in [-0.05, 0) is 24.7 Å². The molecule has 27 heavy (non-hydrogen) atoms. The molecular weight excluding hydrogens is 355 g/mol. The Hall–Kier alpha value is -2.39. The minimum atomic E-state index is -0.510. The average molecular weight is 380 g/mol. The molecule has 2 fully saturated rings. The van der Waals surface area contributed by atoms with Crippen LogP contribution in [-0.4, -0.2) is 80.5 Å². The molecule has 9 heteroatoms. The molecule has 2 N–H and O–H groups in total. The second kappa shape index (κ2) is 8.53. The van der Waals surface area contributed by atoms with Crippen LogP contribution in [0.15, 0.2) is 18.2 Å². The van der Waals surface area contributed by atoms with Crippen molar-refractivity contribution in [2.45, 2.75) is 13.0 Å². The number of carbonyl (C=O) groups excluding carboxylic acids is 2. The van der Waals surface area contributed by atoms with Crippen molar-refractivity contribution in [3.8, 4) is 0 Å². The molecule has 1 unspecified atom stereocenters. The fourth-order valence-corrected chi connectivity index (χ4v) is 3.36. The predicted molar refractivity (Wildman–Crippen MR) is 98.4 cm³/mol. The molecule has 0 spiro atoms. The second-order valence-electron chi connectivity index (χ2n) is 6.59. The molecule has 2 amide bonds. The Labute approximate surface area is 157 Å². The van der Waals surface area contributed by atoms with Gasteiger partial charge in [-0.1, -0.05) is 6.92 Å². The van der Waals surface area contributed by atoms with Gasteiger partial charge in [0.1, 0.15) is 18.5 Å². The van der Waals surface area contributed by atoms with Gasteiger partial charge in [0.25, 0.3) is 0 Å². The average Bonchev–Trinajstić information content (AvgIpc) is 3.06. The van der Waals surface area contributed by atoms with Crippen LogP contribution in [0.5, 0.6) is 0 Å².